The van der Waals surface area contributed by atoms with Crippen LogP contribution in [0.2, 0.25) is 0 Å². The summed E-state index contributed by atoms with van der Waals surface area (Å²) in [7, 11) is 0. The summed E-state index contributed by atoms with van der Waals surface area (Å²) in [4.78, 5) is 23.3. The van der Waals surface area contributed by atoms with Crippen molar-refractivity contribution in [1.29, 1.82) is 0 Å². The van der Waals surface area contributed by atoms with Crippen LogP contribution >= 0.6 is 0 Å². The number of rotatable bonds is 11. The summed E-state index contributed by atoms with van der Waals surface area (Å²) < 4.78 is 10.9. The van der Waals surface area contributed by atoms with Gasteiger partial charge in [-0.1, -0.05) is 13.8 Å². The Morgan fingerprint density at radius 3 is 2.48 bits per heavy atom. The second kappa shape index (κ2) is 11.2. The molecule has 0 spiro atoms. The second-order valence-corrected chi connectivity index (χ2v) is 7.54. The van der Waals surface area contributed by atoms with Crippen LogP contribution in [0.15, 0.2) is 12.4 Å². The van der Waals surface area contributed by atoms with Crippen molar-refractivity contribution in [3.05, 3.63) is 12.4 Å². The zero-order valence-electron chi connectivity index (χ0n) is 17.1. The Morgan fingerprint density at radius 1 is 1.15 bits per heavy atom. The highest BCUT2D eigenvalue weighted by atomic mass is 16.5. The Labute approximate surface area is 162 Å². The van der Waals surface area contributed by atoms with Crippen molar-refractivity contribution < 1.29 is 14.3 Å². The highest BCUT2D eigenvalue weighted by Gasteiger charge is 2.26. The fraction of sp³-hybridized carbons (Fsp3) is 0.750. The van der Waals surface area contributed by atoms with E-state index in [0.717, 1.165) is 37.6 Å². The highest BCUT2D eigenvalue weighted by Crippen LogP contribution is 2.24. The van der Waals surface area contributed by atoms with Crippen molar-refractivity contribution in [3.8, 4) is 0 Å². The summed E-state index contributed by atoms with van der Waals surface area (Å²) in [5, 5.41) is 3.21. The fourth-order valence-electron chi connectivity index (χ4n) is 3.14. The van der Waals surface area contributed by atoms with E-state index in [9.17, 15) is 4.79 Å². The van der Waals surface area contributed by atoms with Gasteiger partial charge < -0.3 is 19.7 Å². The summed E-state index contributed by atoms with van der Waals surface area (Å²) in [5.74, 6) is 2.32. The van der Waals surface area contributed by atoms with Gasteiger partial charge >= 0.3 is 0 Å². The van der Waals surface area contributed by atoms with Gasteiger partial charge in [0.15, 0.2) is 0 Å². The van der Waals surface area contributed by atoms with Crippen LogP contribution in [0.5, 0.6) is 0 Å². The van der Waals surface area contributed by atoms with Crippen LogP contribution < -0.4 is 10.2 Å². The number of carbonyl (C=O) groups is 1. The fourth-order valence-corrected chi connectivity index (χ4v) is 3.14. The minimum atomic E-state index is 0.124. The largest absolute Gasteiger partial charge is 0.377 e. The number of anilines is 2. The van der Waals surface area contributed by atoms with Gasteiger partial charge in [-0.25, -0.2) is 9.97 Å². The van der Waals surface area contributed by atoms with Crippen molar-refractivity contribution in [3.63, 3.8) is 0 Å². The van der Waals surface area contributed by atoms with Gasteiger partial charge in [-0.3, -0.25) is 4.79 Å². The van der Waals surface area contributed by atoms with Gasteiger partial charge in [-0.15, -0.1) is 0 Å². The number of Topliss-reactive ketones (excluding diaryl/α,β-unsaturated/α-hetero) is 1. The van der Waals surface area contributed by atoms with Gasteiger partial charge in [0.25, 0.3) is 0 Å². The summed E-state index contributed by atoms with van der Waals surface area (Å²) in [6.45, 7) is 12.2. The monoisotopic (exact) mass is 378 g/mol. The highest BCUT2D eigenvalue weighted by molar-refractivity contribution is 5.83. The molecule has 7 heteroatoms. The van der Waals surface area contributed by atoms with Crippen molar-refractivity contribution in [2.75, 3.05) is 49.7 Å². The first-order valence-electron chi connectivity index (χ1n) is 10.0. The van der Waals surface area contributed by atoms with Crippen LogP contribution in [-0.2, 0) is 14.3 Å². The lowest BCUT2D eigenvalue weighted by Crippen LogP contribution is -2.37. The number of hydrogen-bond acceptors (Lipinski definition) is 7. The molecule has 7 nitrogen and oxygen atoms in total. The van der Waals surface area contributed by atoms with Crippen LogP contribution in [-0.4, -0.2) is 61.3 Å². The van der Waals surface area contributed by atoms with E-state index >= 15 is 0 Å². The van der Waals surface area contributed by atoms with Crippen molar-refractivity contribution in [1.82, 2.24) is 9.97 Å². The topological polar surface area (TPSA) is 76.6 Å². The molecule has 1 aromatic heterocycles. The molecular formula is C20H34N4O3. The summed E-state index contributed by atoms with van der Waals surface area (Å²) in [6.07, 6.45) is 5.59. The minimum Gasteiger partial charge on any atom is -0.377 e. The lowest BCUT2D eigenvalue weighted by molar-refractivity contribution is -0.126. The predicted molar refractivity (Wildman–Crippen MR) is 107 cm³/mol. The van der Waals surface area contributed by atoms with Gasteiger partial charge in [0.05, 0.1) is 38.3 Å². The Hall–Kier alpha value is -1.73. The van der Waals surface area contributed by atoms with Gasteiger partial charge in [-0.05, 0) is 26.7 Å². The second-order valence-electron chi connectivity index (χ2n) is 7.54. The molecular weight excluding hydrogens is 344 g/mol. The van der Waals surface area contributed by atoms with Gasteiger partial charge in [0, 0.05) is 31.5 Å². The third kappa shape index (κ3) is 7.42. The minimum absolute atomic E-state index is 0.124. The van der Waals surface area contributed by atoms with Gasteiger partial charge in [0.1, 0.15) is 17.4 Å². The first-order valence-corrected chi connectivity index (χ1v) is 10.0. The molecule has 2 rings (SSSR count). The van der Waals surface area contributed by atoms with E-state index in [0.29, 0.717) is 32.1 Å². The normalized spacial score (nSPS) is 15.6. The number of piperidine rings is 1. The lowest BCUT2D eigenvalue weighted by atomic mass is 9.87. The number of hydrogen-bond donors (Lipinski definition) is 1. The SMILES string of the molecule is CC(C)OCCOCCNc1cnc(N2CCC(C(=O)C(C)C)CC2)cn1. The first-order chi connectivity index (χ1) is 13.0. The summed E-state index contributed by atoms with van der Waals surface area (Å²) in [5.41, 5.74) is 0. The molecule has 0 amide bonds. The van der Waals surface area contributed by atoms with E-state index in [1.807, 2.05) is 27.7 Å². The van der Waals surface area contributed by atoms with Crippen molar-refractivity contribution in [2.45, 2.75) is 46.6 Å². The molecule has 1 aromatic rings. The number of aromatic nitrogens is 2. The molecule has 0 saturated carbocycles. The Kier molecular flexibility index (Phi) is 8.94. The molecule has 1 saturated heterocycles. The van der Waals surface area contributed by atoms with Crippen LogP contribution in [0.25, 0.3) is 0 Å². The van der Waals surface area contributed by atoms with E-state index in [2.05, 4.69) is 20.2 Å². The van der Waals surface area contributed by atoms with Crippen LogP contribution in [0, 0.1) is 11.8 Å². The molecule has 152 valence electrons. The molecule has 0 aliphatic carbocycles. The van der Waals surface area contributed by atoms with E-state index in [1.54, 1.807) is 12.4 Å². The molecule has 0 bridgehead atoms. The average Bonchev–Trinajstić information content (AvgIpc) is 2.67. The molecule has 1 fully saturated rings. The molecule has 0 radical (unpaired) electrons. The third-order valence-corrected chi connectivity index (χ3v) is 4.66. The zero-order chi connectivity index (χ0) is 19.6. The Morgan fingerprint density at radius 2 is 1.89 bits per heavy atom. The summed E-state index contributed by atoms with van der Waals surface area (Å²) >= 11 is 0. The van der Waals surface area contributed by atoms with E-state index in [-0.39, 0.29) is 17.9 Å². The first kappa shape index (κ1) is 21.6. The molecule has 0 aromatic carbocycles. The van der Waals surface area contributed by atoms with Crippen LogP contribution in [0.1, 0.15) is 40.5 Å². The molecule has 1 N–H and O–H groups in total. The Balaban J connectivity index is 1.66. The van der Waals surface area contributed by atoms with Gasteiger partial charge in [-0.2, -0.15) is 0 Å². The number of nitrogens with one attached hydrogen (secondary N) is 1. The number of carbonyl (C=O) groups excluding carboxylic acids is 1. The smallest absolute Gasteiger partial charge is 0.147 e. The lowest BCUT2D eigenvalue weighted by Gasteiger charge is -2.32. The molecule has 1 aliphatic rings. The quantitative estimate of drug-likeness (QED) is 0.593. The predicted octanol–water partition coefficient (Wildman–Crippen LogP) is 2.77. The molecule has 27 heavy (non-hydrogen) atoms. The van der Waals surface area contributed by atoms with Crippen LogP contribution in [0.4, 0.5) is 11.6 Å². The number of ketones is 1. The van der Waals surface area contributed by atoms with E-state index in [1.165, 1.54) is 0 Å². The average molecular weight is 379 g/mol. The third-order valence-electron chi connectivity index (χ3n) is 4.66. The van der Waals surface area contributed by atoms with E-state index < -0.39 is 0 Å². The molecule has 1 aliphatic heterocycles. The summed E-state index contributed by atoms with van der Waals surface area (Å²) in [6, 6.07) is 0. The molecule has 0 unspecified atom stereocenters. The maximum absolute atomic E-state index is 12.1. The zero-order valence-corrected chi connectivity index (χ0v) is 17.1. The van der Waals surface area contributed by atoms with Crippen LogP contribution in [0.3, 0.4) is 0 Å². The number of ether oxygens (including phenoxy) is 2. The maximum atomic E-state index is 12.1. The maximum Gasteiger partial charge on any atom is 0.147 e. The van der Waals surface area contributed by atoms with Gasteiger partial charge in [0.2, 0.25) is 0 Å². The molecule has 2 heterocycles. The Bertz CT molecular complexity index is 555. The molecule has 0 atom stereocenters. The van der Waals surface area contributed by atoms with Crippen molar-refractivity contribution in [2.24, 2.45) is 11.8 Å². The standard InChI is InChI=1S/C20H34N4O3/c1-15(2)20(25)17-5-8-24(9-6-17)19-14-22-18(13-23-19)21-7-10-26-11-12-27-16(3)4/h13-17H,5-12H2,1-4H3,(H,21,22). The van der Waals surface area contributed by atoms with E-state index in [4.69, 9.17) is 9.47 Å². The number of nitrogens with zero attached hydrogens (tertiary/aromatic N) is 3. The van der Waals surface area contributed by atoms with Crippen molar-refractivity contribution >= 4 is 17.4 Å².